The molecule has 0 radical (unpaired) electrons. The lowest BCUT2D eigenvalue weighted by atomic mass is 10.00. The Morgan fingerprint density at radius 3 is 2.91 bits per heavy atom. The quantitative estimate of drug-likeness (QED) is 0.831. The molecule has 22 heavy (non-hydrogen) atoms. The summed E-state index contributed by atoms with van der Waals surface area (Å²) in [6.45, 7) is 6.14. The summed E-state index contributed by atoms with van der Waals surface area (Å²) in [5, 5.41) is 0. The normalized spacial score (nSPS) is 33.4. The maximum Gasteiger partial charge on any atom is 0.117 e. The molecule has 1 aromatic rings. The van der Waals surface area contributed by atoms with Crippen molar-refractivity contribution in [2.75, 3.05) is 39.6 Å². The number of hydrogen-bond donors (Lipinski definition) is 0. The highest BCUT2D eigenvalue weighted by Crippen LogP contribution is 2.33. The van der Waals surface area contributed by atoms with Crippen LogP contribution in [0.4, 0.5) is 0 Å². The summed E-state index contributed by atoms with van der Waals surface area (Å²) < 4.78 is 22.9. The van der Waals surface area contributed by atoms with E-state index in [1.54, 1.807) is 6.26 Å². The van der Waals surface area contributed by atoms with E-state index in [9.17, 15) is 0 Å². The molecule has 3 fully saturated rings. The van der Waals surface area contributed by atoms with Crippen molar-refractivity contribution in [3.05, 3.63) is 24.2 Å². The van der Waals surface area contributed by atoms with Crippen LogP contribution in [0.1, 0.15) is 18.6 Å². The molecule has 3 aliphatic heterocycles. The van der Waals surface area contributed by atoms with E-state index in [0.29, 0.717) is 24.0 Å². The van der Waals surface area contributed by atoms with Crippen LogP contribution in [0.3, 0.4) is 0 Å². The fourth-order valence-electron chi connectivity index (χ4n) is 3.93. The smallest absolute Gasteiger partial charge is 0.117 e. The Kier molecular flexibility index (Phi) is 4.48. The zero-order chi connectivity index (χ0) is 14.8. The van der Waals surface area contributed by atoms with Crippen LogP contribution < -0.4 is 0 Å². The molecular weight excluding hydrogens is 282 g/mol. The van der Waals surface area contributed by atoms with Gasteiger partial charge in [-0.05, 0) is 30.9 Å². The molecule has 3 aliphatic rings. The van der Waals surface area contributed by atoms with Gasteiger partial charge >= 0.3 is 0 Å². The average Bonchev–Trinajstić information content (AvgIpc) is 3.26. The van der Waals surface area contributed by atoms with Crippen molar-refractivity contribution >= 4 is 0 Å². The van der Waals surface area contributed by atoms with Gasteiger partial charge in [0.2, 0.25) is 0 Å². The second-order valence-corrected chi connectivity index (χ2v) is 6.70. The molecule has 0 N–H and O–H groups in total. The van der Waals surface area contributed by atoms with E-state index in [4.69, 9.17) is 18.6 Å². The number of fused-ring (bicyclic) bond motifs is 1. The highest BCUT2D eigenvalue weighted by Gasteiger charge is 2.46. The van der Waals surface area contributed by atoms with Crippen LogP contribution in [-0.4, -0.2) is 56.6 Å². The summed E-state index contributed by atoms with van der Waals surface area (Å²) in [7, 11) is 0. The fraction of sp³-hybridized carbons (Fsp3) is 0.765. The largest absolute Gasteiger partial charge is 0.468 e. The van der Waals surface area contributed by atoms with E-state index < -0.39 is 0 Å². The first-order valence-electron chi connectivity index (χ1n) is 8.43. The summed E-state index contributed by atoms with van der Waals surface area (Å²) in [4.78, 5) is 2.46. The Balaban J connectivity index is 1.34. The summed E-state index contributed by atoms with van der Waals surface area (Å²) >= 11 is 0. The summed E-state index contributed by atoms with van der Waals surface area (Å²) in [6.07, 6.45) is 4.30. The second kappa shape index (κ2) is 6.71. The number of likely N-dealkylation sites (tertiary alicyclic amines) is 1. The second-order valence-electron chi connectivity index (χ2n) is 6.70. The van der Waals surface area contributed by atoms with Crippen molar-refractivity contribution in [3.8, 4) is 0 Å². The molecular formula is C17H25NO4. The highest BCUT2D eigenvalue weighted by molar-refractivity contribution is 5.03. The molecule has 0 aromatic carbocycles. The zero-order valence-corrected chi connectivity index (χ0v) is 13.0. The molecule has 5 nitrogen and oxygen atoms in total. The van der Waals surface area contributed by atoms with Crippen LogP contribution in [0.5, 0.6) is 0 Å². The van der Waals surface area contributed by atoms with E-state index in [2.05, 4.69) is 4.90 Å². The molecule has 1 aromatic heterocycles. The third-order valence-electron chi connectivity index (χ3n) is 5.28. The molecule has 3 saturated heterocycles. The summed E-state index contributed by atoms with van der Waals surface area (Å²) in [6, 6.07) is 4.47. The van der Waals surface area contributed by atoms with Crippen molar-refractivity contribution in [1.29, 1.82) is 0 Å². The molecule has 0 saturated carbocycles. The van der Waals surface area contributed by atoms with E-state index in [1.165, 1.54) is 0 Å². The molecule has 4 heterocycles. The lowest BCUT2D eigenvalue weighted by Gasteiger charge is -2.25. The first-order valence-corrected chi connectivity index (χ1v) is 8.43. The maximum atomic E-state index is 6.30. The number of hydrogen-bond acceptors (Lipinski definition) is 5. The van der Waals surface area contributed by atoms with Gasteiger partial charge in [-0.2, -0.15) is 0 Å². The van der Waals surface area contributed by atoms with Crippen LogP contribution in [0.2, 0.25) is 0 Å². The molecule has 3 atom stereocenters. The highest BCUT2D eigenvalue weighted by atomic mass is 16.5. The van der Waals surface area contributed by atoms with Crippen molar-refractivity contribution in [3.63, 3.8) is 0 Å². The monoisotopic (exact) mass is 307 g/mol. The van der Waals surface area contributed by atoms with E-state index >= 15 is 0 Å². The number of nitrogens with zero attached hydrogens (tertiary/aromatic N) is 1. The maximum absolute atomic E-state index is 6.30. The van der Waals surface area contributed by atoms with Gasteiger partial charge < -0.3 is 18.6 Å². The Morgan fingerprint density at radius 1 is 1.18 bits per heavy atom. The third-order valence-corrected chi connectivity index (χ3v) is 5.28. The zero-order valence-electron chi connectivity index (χ0n) is 13.0. The van der Waals surface area contributed by atoms with E-state index in [1.807, 2.05) is 12.1 Å². The van der Waals surface area contributed by atoms with Gasteiger partial charge in [-0.3, -0.25) is 4.90 Å². The average molecular weight is 307 g/mol. The Hall–Kier alpha value is -0.880. The van der Waals surface area contributed by atoms with Crippen molar-refractivity contribution < 1.29 is 18.6 Å². The van der Waals surface area contributed by atoms with Crippen LogP contribution in [0.25, 0.3) is 0 Å². The third kappa shape index (κ3) is 3.08. The predicted molar refractivity (Wildman–Crippen MR) is 80.5 cm³/mol. The molecule has 0 aliphatic carbocycles. The Bertz CT molecular complexity index is 457. The Labute approximate surface area is 131 Å². The minimum atomic E-state index is 0.297. The number of rotatable bonds is 5. The van der Waals surface area contributed by atoms with Crippen LogP contribution in [0.15, 0.2) is 22.8 Å². The standard InChI is InChI=1S/C17H25NO4/c1-2-14(21-5-1)8-18-9-17(15-11-20-12-16(15)18)22-10-13-3-6-19-7-4-13/h1-2,5,13,15-17H,3-4,6-12H2/t15-,16+,17-/m0/s1. The molecule has 0 bridgehead atoms. The summed E-state index contributed by atoms with van der Waals surface area (Å²) in [5.41, 5.74) is 0. The predicted octanol–water partition coefficient (Wildman–Crippen LogP) is 1.92. The van der Waals surface area contributed by atoms with Crippen molar-refractivity contribution in [1.82, 2.24) is 4.90 Å². The van der Waals surface area contributed by atoms with Crippen molar-refractivity contribution in [2.24, 2.45) is 11.8 Å². The molecule has 5 heteroatoms. The van der Waals surface area contributed by atoms with E-state index in [0.717, 1.165) is 64.7 Å². The minimum absolute atomic E-state index is 0.297. The minimum Gasteiger partial charge on any atom is -0.468 e. The fourth-order valence-corrected chi connectivity index (χ4v) is 3.93. The molecule has 0 amide bonds. The molecule has 0 unspecified atom stereocenters. The number of furan rings is 1. The topological polar surface area (TPSA) is 44.1 Å². The van der Waals surface area contributed by atoms with Gasteiger partial charge in [-0.15, -0.1) is 0 Å². The van der Waals surface area contributed by atoms with Crippen LogP contribution >= 0.6 is 0 Å². The first kappa shape index (κ1) is 14.7. The Morgan fingerprint density at radius 2 is 2.09 bits per heavy atom. The summed E-state index contributed by atoms with van der Waals surface area (Å²) in [5.74, 6) is 2.19. The van der Waals surface area contributed by atoms with Gasteiger partial charge in [-0.1, -0.05) is 0 Å². The lowest BCUT2D eigenvalue weighted by Crippen LogP contribution is -2.32. The van der Waals surface area contributed by atoms with Crippen LogP contribution in [0, 0.1) is 11.8 Å². The van der Waals surface area contributed by atoms with E-state index in [-0.39, 0.29) is 0 Å². The van der Waals surface area contributed by atoms with Gasteiger partial charge in [0.05, 0.1) is 38.7 Å². The van der Waals surface area contributed by atoms with Gasteiger partial charge in [0.25, 0.3) is 0 Å². The number of ether oxygens (including phenoxy) is 3. The van der Waals surface area contributed by atoms with Gasteiger partial charge in [-0.25, -0.2) is 0 Å². The van der Waals surface area contributed by atoms with Gasteiger partial charge in [0, 0.05) is 31.7 Å². The molecule has 0 spiro atoms. The van der Waals surface area contributed by atoms with Gasteiger partial charge in [0.15, 0.2) is 0 Å². The molecule has 122 valence electrons. The SMILES string of the molecule is c1coc(CN2C[C@H](OCC3CCOCC3)[C@H]3COC[C@H]32)c1. The van der Waals surface area contributed by atoms with Gasteiger partial charge in [0.1, 0.15) is 5.76 Å². The lowest BCUT2D eigenvalue weighted by molar-refractivity contribution is -0.0260. The molecule has 4 rings (SSSR count). The van der Waals surface area contributed by atoms with Crippen molar-refractivity contribution in [2.45, 2.75) is 31.5 Å². The van der Waals surface area contributed by atoms with Crippen LogP contribution in [-0.2, 0) is 20.8 Å². The first-order chi connectivity index (χ1) is 10.9.